The topological polar surface area (TPSA) is 101 Å². The Balaban J connectivity index is 2.12. The Morgan fingerprint density at radius 1 is 1.23 bits per heavy atom. The Kier molecular flexibility index (Phi) is 6.07. The highest BCUT2D eigenvalue weighted by atomic mass is 16.5. The van der Waals surface area contributed by atoms with E-state index < -0.39 is 11.4 Å². The molecule has 0 aliphatic carbocycles. The van der Waals surface area contributed by atoms with Crippen LogP contribution in [0.1, 0.15) is 49.5 Å². The number of rotatable bonds is 8. The molecule has 2 aromatic rings. The number of carboxylic acid groups (broad SMARTS) is 1. The van der Waals surface area contributed by atoms with Crippen molar-refractivity contribution in [2.45, 2.75) is 45.7 Å². The van der Waals surface area contributed by atoms with Crippen LogP contribution in [-0.4, -0.2) is 46.7 Å². The van der Waals surface area contributed by atoms with Crippen LogP contribution in [0.15, 0.2) is 29.2 Å². The normalized spacial score (nSPS) is 13.0. The number of benzene rings is 1. The maximum absolute atomic E-state index is 12.4. The van der Waals surface area contributed by atoms with E-state index in [1.807, 2.05) is 5.01 Å². The van der Waals surface area contributed by atoms with E-state index >= 15 is 0 Å². The first-order chi connectivity index (χ1) is 14.2. The third kappa shape index (κ3) is 4.00. The van der Waals surface area contributed by atoms with E-state index in [4.69, 9.17) is 9.47 Å². The molecule has 8 nitrogen and oxygen atoms in total. The highest BCUT2D eigenvalue weighted by Crippen LogP contribution is 2.39. The van der Waals surface area contributed by atoms with Crippen LogP contribution < -0.4 is 15.2 Å². The van der Waals surface area contributed by atoms with Crippen LogP contribution in [0.2, 0.25) is 0 Å². The number of aromatic carboxylic acids is 1. The van der Waals surface area contributed by atoms with E-state index in [1.165, 1.54) is 12.3 Å². The number of phenolic OH excluding ortho intramolecular Hbond substituents is 1. The van der Waals surface area contributed by atoms with Gasteiger partial charge in [0.15, 0.2) is 16.9 Å². The number of hydrogen-bond donors (Lipinski definition) is 2. The second kappa shape index (κ2) is 8.39. The van der Waals surface area contributed by atoms with Crippen LogP contribution in [-0.2, 0) is 11.3 Å². The van der Waals surface area contributed by atoms with Crippen LogP contribution in [0.3, 0.4) is 0 Å². The van der Waals surface area contributed by atoms with Gasteiger partial charge < -0.3 is 24.7 Å². The molecule has 0 radical (unpaired) electrons. The molecule has 1 aliphatic rings. The number of hydrogen-bond acceptors (Lipinski definition) is 6. The van der Waals surface area contributed by atoms with Crippen molar-refractivity contribution >= 4 is 5.97 Å². The van der Waals surface area contributed by atoms with Crippen LogP contribution in [0.25, 0.3) is 11.3 Å². The van der Waals surface area contributed by atoms with Gasteiger partial charge in [0, 0.05) is 38.0 Å². The molecule has 1 aromatic heterocycles. The summed E-state index contributed by atoms with van der Waals surface area (Å²) in [6, 6.07) is 4.68. The molecule has 0 amide bonds. The van der Waals surface area contributed by atoms with Gasteiger partial charge in [-0.05, 0) is 38.0 Å². The minimum atomic E-state index is -1.27. The van der Waals surface area contributed by atoms with Gasteiger partial charge in [0.2, 0.25) is 0 Å². The molecule has 0 atom stereocenters. The van der Waals surface area contributed by atoms with E-state index in [0.29, 0.717) is 43.2 Å². The molecule has 0 fully saturated rings. The Morgan fingerprint density at radius 3 is 2.60 bits per heavy atom. The second-order valence-electron chi connectivity index (χ2n) is 7.98. The zero-order valence-electron chi connectivity index (χ0n) is 17.8. The Labute approximate surface area is 175 Å². The molecule has 1 aliphatic heterocycles. The summed E-state index contributed by atoms with van der Waals surface area (Å²) in [7, 11) is 1.62. The zero-order chi connectivity index (χ0) is 22.1. The third-order valence-corrected chi connectivity index (χ3v) is 5.62. The lowest BCUT2D eigenvalue weighted by Crippen LogP contribution is -2.52. The average Bonchev–Trinajstić information content (AvgIpc) is 2.70. The fourth-order valence-electron chi connectivity index (χ4n) is 3.49. The summed E-state index contributed by atoms with van der Waals surface area (Å²) in [5, 5.41) is 21.9. The number of carbonyl (C=O) groups is 1. The van der Waals surface area contributed by atoms with Crippen molar-refractivity contribution in [2.75, 3.05) is 25.3 Å². The predicted octanol–water partition coefficient (Wildman–Crippen LogP) is 2.97. The number of aromatic nitrogens is 1. The van der Waals surface area contributed by atoms with Crippen molar-refractivity contribution in [2.24, 2.45) is 0 Å². The highest BCUT2D eigenvalue weighted by molar-refractivity contribution is 5.88. The summed E-state index contributed by atoms with van der Waals surface area (Å²) in [6.07, 6.45) is 2.86. The Bertz CT molecular complexity index is 1010. The quantitative estimate of drug-likeness (QED) is 0.638. The number of ether oxygens (including phenoxy) is 2. The minimum Gasteiger partial charge on any atom is -0.504 e. The van der Waals surface area contributed by atoms with Gasteiger partial charge in [-0.1, -0.05) is 6.92 Å². The molecule has 30 heavy (non-hydrogen) atoms. The molecule has 0 spiro atoms. The molecule has 0 saturated heterocycles. The zero-order valence-corrected chi connectivity index (χ0v) is 17.8. The highest BCUT2D eigenvalue weighted by Gasteiger charge is 2.33. The molecule has 0 unspecified atom stereocenters. The van der Waals surface area contributed by atoms with E-state index in [9.17, 15) is 19.8 Å². The molecule has 8 heteroatoms. The summed E-state index contributed by atoms with van der Waals surface area (Å²) in [6.45, 7) is 7.61. The van der Waals surface area contributed by atoms with Gasteiger partial charge in [-0.2, -0.15) is 0 Å². The average molecular weight is 416 g/mol. The summed E-state index contributed by atoms with van der Waals surface area (Å²) in [4.78, 5) is 23.9. The van der Waals surface area contributed by atoms with Crippen molar-refractivity contribution in [1.82, 2.24) is 4.68 Å². The van der Waals surface area contributed by atoms with Crippen LogP contribution in [0.4, 0.5) is 0 Å². The Morgan fingerprint density at radius 2 is 1.97 bits per heavy atom. The SMILES string of the molecule is CCC(C)(C)N1Cc2cc(OCCCOC)c(O)cc2-c2cc(=O)c(C(=O)O)cn21. The first-order valence-electron chi connectivity index (χ1n) is 9.95. The van der Waals surface area contributed by atoms with Crippen LogP contribution >= 0.6 is 0 Å². The molecule has 162 valence electrons. The van der Waals surface area contributed by atoms with Crippen molar-refractivity contribution in [1.29, 1.82) is 0 Å². The van der Waals surface area contributed by atoms with E-state index in [-0.39, 0.29) is 16.9 Å². The maximum Gasteiger partial charge on any atom is 0.341 e. The van der Waals surface area contributed by atoms with Gasteiger partial charge in [-0.25, -0.2) is 4.79 Å². The minimum absolute atomic E-state index is 0.0318. The monoisotopic (exact) mass is 416 g/mol. The number of phenols is 1. The molecule has 0 bridgehead atoms. The predicted molar refractivity (Wildman–Crippen MR) is 113 cm³/mol. The number of fused-ring (bicyclic) bond motifs is 3. The number of carboxylic acids is 1. The smallest absolute Gasteiger partial charge is 0.341 e. The first kappa shape index (κ1) is 21.7. The van der Waals surface area contributed by atoms with Crippen LogP contribution in [0.5, 0.6) is 11.5 Å². The van der Waals surface area contributed by atoms with Gasteiger partial charge >= 0.3 is 5.97 Å². The molecular weight excluding hydrogens is 388 g/mol. The fourth-order valence-corrected chi connectivity index (χ4v) is 3.49. The molecule has 2 heterocycles. The van der Waals surface area contributed by atoms with Gasteiger partial charge in [-0.3, -0.25) is 9.47 Å². The van der Waals surface area contributed by atoms with Gasteiger partial charge in [0.25, 0.3) is 0 Å². The lowest BCUT2D eigenvalue weighted by molar-refractivity contribution is 0.0694. The van der Waals surface area contributed by atoms with E-state index in [1.54, 1.807) is 23.9 Å². The van der Waals surface area contributed by atoms with Crippen molar-refractivity contribution in [3.63, 3.8) is 0 Å². The van der Waals surface area contributed by atoms with E-state index in [2.05, 4.69) is 20.8 Å². The molecule has 1 aromatic carbocycles. The summed E-state index contributed by atoms with van der Waals surface area (Å²) < 4.78 is 12.5. The van der Waals surface area contributed by atoms with Crippen LogP contribution in [0, 0.1) is 0 Å². The number of aromatic hydroxyl groups is 1. The standard InChI is InChI=1S/C22H28N2O6/c1-5-22(2,3)24-12-14-9-20(30-8-6-7-29-4)19(26)10-15(14)17-11-18(25)16(21(27)28)13-23(17)24/h9-11,13,26H,5-8,12H2,1-4H3,(H,27,28). The molecule has 3 rings (SSSR count). The third-order valence-electron chi connectivity index (χ3n) is 5.62. The molecule has 2 N–H and O–H groups in total. The fraction of sp³-hybridized carbons (Fsp3) is 0.455. The number of nitrogens with zero attached hydrogens (tertiary/aromatic N) is 2. The summed E-state index contributed by atoms with van der Waals surface area (Å²) in [5.74, 6) is -0.925. The number of methoxy groups -OCH3 is 1. The largest absolute Gasteiger partial charge is 0.504 e. The van der Waals surface area contributed by atoms with Gasteiger partial charge in [0.1, 0.15) is 5.56 Å². The van der Waals surface area contributed by atoms with Gasteiger partial charge in [-0.15, -0.1) is 0 Å². The van der Waals surface area contributed by atoms with Crippen molar-refractivity contribution < 1.29 is 24.5 Å². The second-order valence-corrected chi connectivity index (χ2v) is 7.98. The lowest BCUT2D eigenvalue weighted by atomic mass is 9.95. The lowest BCUT2D eigenvalue weighted by Gasteiger charge is -2.45. The first-order valence-corrected chi connectivity index (χ1v) is 9.95. The number of pyridine rings is 1. The molecule has 0 saturated carbocycles. The van der Waals surface area contributed by atoms with Crippen molar-refractivity contribution in [3.05, 3.63) is 45.7 Å². The maximum atomic E-state index is 12.4. The molecular formula is C22H28N2O6. The van der Waals surface area contributed by atoms with E-state index in [0.717, 1.165) is 12.0 Å². The van der Waals surface area contributed by atoms with Gasteiger partial charge in [0.05, 0.1) is 24.4 Å². The Hall–Kier alpha value is -3.00. The summed E-state index contributed by atoms with van der Waals surface area (Å²) in [5.41, 5.74) is 0.924. The van der Waals surface area contributed by atoms with Crippen molar-refractivity contribution in [3.8, 4) is 22.8 Å². The summed E-state index contributed by atoms with van der Waals surface area (Å²) >= 11 is 0.